The summed E-state index contributed by atoms with van der Waals surface area (Å²) in [6.07, 6.45) is 5.41. The molecule has 0 radical (unpaired) electrons. The molecule has 1 N–H and O–H groups in total. The number of thiophene rings is 1. The van der Waals surface area contributed by atoms with Crippen molar-refractivity contribution in [3.05, 3.63) is 97.6 Å². The second-order valence-corrected chi connectivity index (χ2v) is 10.3. The summed E-state index contributed by atoms with van der Waals surface area (Å²) in [5.74, 6) is 2.65. The lowest BCUT2D eigenvalue weighted by Crippen LogP contribution is -2.00. The molecule has 9 nitrogen and oxygen atoms in total. The van der Waals surface area contributed by atoms with Crippen LogP contribution in [-0.4, -0.2) is 36.8 Å². The van der Waals surface area contributed by atoms with Gasteiger partial charge in [0.2, 0.25) is 5.88 Å². The molecule has 0 aliphatic carbocycles. The number of ether oxygens (including phenoxy) is 2. The van der Waals surface area contributed by atoms with Crippen LogP contribution in [0.25, 0.3) is 42.9 Å². The van der Waals surface area contributed by atoms with E-state index in [0.29, 0.717) is 28.8 Å². The van der Waals surface area contributed by atoms with Crippen molar-refractivity contribution in [1.29, 1.82) is 0 Å². The van der Waals surface area contributed by atoms with E-state index < -0.39 is 0 Å². The van der Waals surface area contributed by atoms with Crippen molar-refractivity contribution in [2.24, 2.45) is 7.05 Å². The van der Waals surface area contributed by atoms with Crippen LogP contribution in [0.2, 0.25) is 0 Å². The van der Waals surface area contributed by atoms with Crippen LogP contribution in [0.4, 0.5) is 11.5 Å². The van der Waals surface area contributed by atoms with Crippen LogP contribution >= 0.6 is 11.3 Å². The molecule has 5 aromatic heterocycles. The van der Waals surface area contributed by atoms with Gasteiger partial charge in [0.1, 0.15) is 17.2 Å². The number of aryl methyl sites for hydroxylation is 1. The summed E-state index contributed by atoms with van der Waals surface area (Å²) in [7, 11) is 3.58. The third-order valence-corrected chi connectivity index (χ3v) is 7.81. The molecule has 200 valence electrons. The lowest BCUT2D eigenvalue weighted by atomic mass is 10.1. The minimum Gasteiger partial charge on any atom is -0.481 e. The van der Waals surface area contributed by atoms with E-state index in [1.54, 1.807) is 37.0 Å². The van der Waals surface area contributed by atoms with E-state index in [1.807, 2.05) is 84.5 Å². The summed E-state index contributed by atoms with van der Waals surface area (Å²) in [5.41, 5.74) is 4.18. The molecule has 0 saturated heterocycles. The Balaban J connectivity index is 1.14. The zero-order chi connectivity index (χ0) is 27.8. The van der Waals surface area contributed by atoms with Gasteiger partial charge in [0.15, 0.2) is 5.82 Å². The fraction of sp³-hybridized carbons (Fsp3) is 0.0645. The van der Waals surface area contributed by atoms with Crippen LogP contribution in [0, 0.1) is 0 Å². The highest BCUT2D eigenvalue weighted by Crippen LogP contribution is 2.39. The van der Waals surface area contributed by atoms with Gasteiger partial charge in [-0.2, -0.15) is 0 Å². The van der Waals surface area contributed by atoms with Crippen molar-refractivity contribution < 1.29 is 9.47 Å². The third kappa shape index (κ3) is 4.70. The Kier molecular flexibility index (Phi) is 6.21. The van der Waals surface area contributed by atoms with Gasteiger partial charge in [-0.25, -0.2) is 9.97 Å². The predicted molar refractivity (Wildman–Crippen MR) is 161 cm³/mol. The summed E-state index contributed by atoms with van der Waals surface area (Å²) < 4.78 is 14.6. The molecule has 7 aromatic rings. The van der Waals surface area contributed by atoms with Crippen LogP contribution in [0.3, 0.4) is 0 Å². The number of pyridine rings is 2. The Morgan fingerprint density at radius 2 is 1.76 bits per heavy atom. The van der Waals surface area contributed by atoms with E-state index in [9.17, 15) is 0 Å². The highest BCUT2D eigenvalue weighted by Gasteiger charge is 2.15. The van der Waals surface area contributed by atoms with Crippen LogP contribution in [0.15, 0.2) is 97.6 Å². The molecule has 41 heavy (non-hydrogen) atoms. The largest absolute Gasteiger partial charge is 0.481 e. The number of fused-ring (bicyclic) bond motifs is 2. The van der Waals surface area contributed by atoms with Gasteiger partial charge in [0.25, 0.3) is 0 Å². The first kappa shape index (κ1) is 24.7. The predicted octanol–water partition coefficient (Wildman–Crippen LogP) is 7.25. The van der Waals surface area contributed by atoms with Gasteiger partial charge in [-0.15, -0.1) is 21.5 Å². The molecular formula is C31H23N7O2S. The standard InChI is InChI=1S/C31H23N7O2S/c1-38-18-32-17-25(38)27-16-24-30(41-27)26(14-15-33-24)40-20-12-10-19(11-13-20)34-31-22-7-4-3-6-21(22)29(36-37-31)23-8-5-9-28(35-23)39-2/h3-18H,1-2H3,(H,34,37). The molecule has 0 fully saturated rings. The van der Waals surface area contributed by atoms with Gasteiger partial charge in [0, 0.05) is 41.8 Å². The summed E-state index contributed by atoms with van der Waals surface area (Å²) >= 11 is 1.64. The molecule has 5 heterocycles. The normalized spacial score (nSPS) is 11.2. The number of methoxy groups -OCH3 is 1. The zero-order valence-electron chi connectivity index (χ0n) is 22.1. The van der Waals surface area contributed by atoms with E-state index in [2.05, 4.69) is 36.5 Å². The van der Waals surface area contributed by atoms with Crippen molar-refractivity contribution in [2.45, 2.75) is 0 Å². The van der Waals surface area contributed by atoms with Crippen molar-refractivity contribution >= 4 is 43.8 Å². The maximum Gasteiger partial charge on any atom is 0.213 e. The Morgan fingerprint density at radius 1 is 0.902 bits per heavy atom. The number of anilines is 2. The Hall–Kier alpha value is -5.35. The topological polar surface area (TPSA) is 99.9 Å². The number of benzene rings is 2. The zero-order valence-corrected chi connectivity index (χ0v) is 23.0. The lowest BCUT2D eigenvalue weighted by Gasteiger charge is -2.12. The molecule has 7 rings (SSSR count). The summed E-state index contributed by atoms with van der Waals surface area (Å²) in [6, 6.07) is 25.3. The lowest BCUT2D eigenvalue weighted by molar-refractivity contribution is 0.398. The minimum absolute atomic E-state index is 0.526. The molecule has 10 heteroatoms. The molecular weight excluding hydrogens is 534 g/mol. The highest BCUT2D eigenvalue weighted by molar-refractivity contribution is 7.22. The van der Waals surface area contributed by atoms with Gasteiger partial charge in [0.05, 0.1) is 46.1 Å². The van der Waals surface area contributed by atoms with E-state index >= 15 is 0 Å². The Bertz CT molecular complexity index is 2020. The number of hydrogen-bond donors (Lipinski definition) is 1. The third-order valence-electron chi connectivity index (χ3n) is 6.65. The Morgan fingerprint density at radius 3 is 2.56 bits per heavy atom. The van der Waals surface area contributed by atoms with Gasteiger partial charge < -0.3 is 19.4 Å². The summed E-state index contributed by atoms with van der Waals surface area (Å²) in [6.45, 7) is 0. The minimum atomic E-state index is 0.526. The summed E-state index contributed by atoms with van der Waals surface area (Å²) in [4.78, 5) is 14.4. The number of rotatable bonds is 7. The Labute approximate surface area is 239 Å². The first-order valence-electron chi connectivity index (χ1n) is 12.8. The maximum atomic E-state index is 6.29. The molecule has 0 aliphatic heterocycles. The van der Waals surface area contributed by atoms with E-state index in [0.717, 1.165) is 43.0 Å². The van der Waals surface area contributed by atoms with Gasteiger partial charge in [-0.1, -0.05) is 30.3 Å². The molecule has 0 unspecified atom stereocenters. The second-order valence-electron chi connectivity index (χ2n) is 9.28. The molecule has 0 bridgehead atoms. The van der Waals surface area contributed by atoms with E-state index in [-0.39, 0.29) is 0 Å². The highest BCUT2D eigenvalue weighted by atomic mass is 32.1. The maximum absolute atomic E-state index is 6.29. The summed E-state index contributed by atoms with van der Waals surface area (Å²) in [5, 5.41) is 14.3. The van der Waals surface area contributed by atoms with Crippen molar-refractivity contribution in [1.82, 2.24) is 29.7 Å². The van der Waals surface area contributed by atoms with Crippen LogP contribution < -0.4 is 14.8 Å². The number of nitrogens with one attached hydrogen (secondary N) is 1. The SMILES string of the molecule is COc1cccc(-c2nnc(Nc3ccc(Oc4ccnc5cc(-c6cncn6C)sc45)cc3)c3ccccc23)n1. The van der Waals surface area contributed by atoms with E-state index in [1.165, 1.54) is 0 Å². The van der Waals surface area contributed by atoms with Crippen molar-refractivity contribution in [2.75, 3.05) is 12.4 Å². The molecule has 2 aromatic carbocycles. The van der Waals surface area contributed by atoms with Crippen molar-refractivity contribution in [3.63, 3.8) is 0 Å². The van der Waals surface area contributed by atoms with Crippen LogP contribution in [0.5, 0.6) is 17.4 Å². The monoisotopic (exact) mass is 557 g/mol. The fourth-order valence-corrected chi connectivity index (χ4v) is 5.75. The van der Waals surface area contributed by atoms with Crippen LogP contribution in [0.1, 0.15) is 0 Å². The molecule has 0 amide bonds. The van der Waals surface area contributed by atoms with Gasteiger partial charge in [-0.3, -0.25) is 4.98 Å². The first-order valence-corrected chi connectivity index (χ1v) is 13.6. The average molecular weight is 558 g/mol. The average Bonchev–Trinajstić information content (AvgIpc) is 3.65. The number of aromatic nitrogens is 6. The quantitative estimate of drug-likeness (QED) is 0.219. The number of nitrogens with zero attached hydrogens (tertiary/aromatic N) is 6. The number of hydrogen-bond acceptors (Lipinski definition) is 9. The van der Waals surface area contributed by atoms with Crippen molar-refractivity contribution in [3.8, 4) is 39.3 Å². The van der Waals surface area contributed by atoms with Gasteiger partial charge in [-0.05, 0) is 36.4 Å². The number of imidazole rings is 1. The first-order chi connectivity index (χ1) is 20.2. The van der Waals surface area contributed by atoms with Gasteiger partial charge >= 0.3 is 0 Å². The van der Waals surface area contributed by atoms with Crippen LogP contribution in [-0.2, 0) is 7.05 Å². The molecule has 0 spiro atoms. The smallest absolute Gasteiger partial charge is 0.213 e. The van der Waals surface area contributed by atoms with E-state index in [4.69, 9.17) is 9.47 Å². The molecule has 0 saturated carbocycles. The molecule has 0 aliphatic rings. The fourth-order valence-electron chi connectivity index (χ4n) is 4.63. The second kappa shape index (κ2) is 10.3. The molecule has 0 atom stereocenters.